The molecule has 14 heteroatoms. The number of ether oxygens (including phenoxy) is 2. The number of amides is 2. The minimum absolute atomic E-state index is 0.0754. The lowest BCUT2D eigenvalue weighted by atomic mass is 10.1. The molecule has 1 aliphatic carbocycles. The summed E-state index contributed by atoms with van der Waals surface area (Å²) in [7, 11) is 6.10. The van der Waals surface area contributed by atoms with Crippen LogP contribution in [-0.2, 0) is 23.6 Å². The zero-order valence-electron chi connectivity index (χ0n) is 22.0. The van der Waals surface area contributed by atoms with Gasteiger partial charge < -0.3 is 20.1 Å². The maximum atomic E-state index is 13.2. The summed E-state index contributed by atoms with van der Waals surface area (Å²) < 4.78 is 14.4. The molecule has 3 aromatic heterocycles. The highest BCUT2D eigenvalue weighted by molar-refractivity contribution is 5.88. The third kappa shape index (κ3) is 5.26. The van der Waals surface area contributed by atoms with Crippen molar-refractivity contribution in [2.45, 2.75) is 31.3 Å². The number of anilines is 3. The average molecular weight is 536 g/mol. The molecule has 1 aliphatic rings. The zero-order chi connectivity index (χ0) is 27.7. The Labute approximate surface area is 222 Å². The molecule has 1 saturated carbocycles. The first-order chi connectivity index (χ1) is 18.7. The van der Waals surface area contributed by atoms with Crippen LogP contribution in [0.5, 0.6) is 0 Å². The van der Waals surface area contributed by atoms with Gasteiger partial charge in [-0.25, -0.2) is 19.4 Å². The number of fused-ring (bicyclic) bond motifs is 1. The lowest BCUT2D eigenvalue weighted by Crippen LogP contribution is -2.33. The molecule has 1 aromatic carbocycles. The highest BCUT2D eigenvalue weighted by Gasteiger charge is 2.30. The summed E-state index contributed by atoms with van der Waals surface area (Å²) in [5.74, 6) is 0.504. The number of aryl methyl sites for hydroxylation is 2. The molecule has 204 valence electrons. The lowest BCUT2D eigenvalue weighted by Gasteiger charge is -2.15. The number of rotatable bonds is 6. The number of carbonyl (C=O) groups excluding carboxylic acids is 2. The van der Waals surface area contributed by atoms with Gasteiger partial charge in [-0.15, -0.1) is 5.10 Å². The molecule has 4 aromatic rings. The van der Waals surface area contributed by atoms with Crippen LogP contribution in [0.4, 0.5) is 26.8 Å². The number of benzene rings is 1. The van der Waals surface area contributed by atoms with Crippen LogP contribution in [0, 0.1) is 0 Å². The van der Waals surface area contributed by atoms with E-state index in [0.29, 0.717) is 40.4 Å². The highest BCUT2D eigenvalue weighted by Crippen LogP contribution is 2.33. The molecule has 0 bridgehead atoms. The van der Waals surface area contributed by atoms with E-state index in [-0.39, 0.29) is 17.8 Å². The van der Waals surface area contributed by atoms with Gasteiger partial charge in [-0.3, -0.25) is 19.1 Å². The van der Waals surface area contributed by atoms with Gasteiger partial charge in [-0.1, -0.05) is 5.21 Å². The van der Waals surface area contributed by atoms with Crippen LogP contribution in [-0.4, -0.2) is 61.6 Å². The second-order valence-electron chi connectivity index (χ2n) is 9.39. The van der Waals surface area contributed by atoms with E-state index in [0.717, 1.165) is 18.4 Å². The first-order valence-electron chi connectivity index (χ1n) is 12.3. The van der Waals surface area contributed by atoms with Crippen molar-refractivity contribution >= 4 is 40.4 Å². The number of nitrogens with one attached hydrogen (secondary N) is 3. The fraction of sp³-hybridized carbons (Fsp3) is 0.360. The molecule has 5 rings (SSSR count). The minimum atomic E-state index is -0.610. The SMILES string of the molecule is COC(=O)Nc1cc(Nc2cc3c(cn2)n(C)c(=O)n3[C@@H]2CC[C@@H](NC(=O)OC)C2)cc(-c2cn(C)nn2)c1. The van der Waals surface area contributed by atoms with Gasteiger partial charge in [-0.2, -0.15) is 0 Å². The van der Waals surface area contributed by atoms with E-state index in [2.05, 4.69) is 31.2 Å². The van der Waals surface area contributed by atoms with Crippen molar-refractivity contribution in [2.24, 2.45) is 14.1 Å². The second-order valence-corrected chi connectivity index (χ2v) is 9.39. The van der Waals surface area contributed by atoms with Crippen molar-refractivity contribution in [3.63, 3.8) is 0 Å². The van der Waals surface area contributed by atoms with Crippen molar-refractivity contribution in [3.8, 4) is 11.3 Å². The van der Waals surface area contributed by atoms with E-state index in [9.17, 15) is 14.4 Å². The van der Waals surface area contributed by atoms with Gasteiger partial charge in [0.25, 0.3) is 0 Å². The number of aromatic nitrogens is 6. The Balaban J connectivity index is 1.48. The summed E-state index contributed by atoms with van der Waals surface area (Å²) in [4.78, 5) is 41.3. The van der Waals surface area contributed by atoms with Gasteiger partial charge in [0.05, 0.1) is 37.6 Å². The predicted octanol–water partition coefficient (Wildman–Crippen LogP) is 2.90. The first kappa shape index (κ1) is 25.8. The van der Waals surface area contributed by atoms with E-state index in [1.807, 2.05) is 12.1 Å². The highest BCUT2D eigenvalue weighted by atomic mass is 16.5. The Hall–Kier alpha value is -4.88. The van der Waals surface area contributed by atoms with Gasteiger partial charge in [0, 0.05) is 49.2 Å². The fourth-order valence-electron chi connectivity index (χ4n) is 4.94. The van der Waals surface area contributed by atoms with Crippen LogP contribution in [0.15, 0.2) is 41.5 Å². The number of hydrogen-bond acceptors (Lipinski definition) is 9. The molecular formula is C25H29N9O5. The van der Waals surface area contributed by atoms with Crippen molar-refractivity contribution in [1.82, 2.24) is 34.4 Å². The van der Waals surface area contributed by atoms with Crippen LogP contribution in [0.2, 0.25) is 0 Å². The van der Waals surface area contributed by atoms with E-state index >= 15 is 0 Å². The Morgan fingerprint density at radius 2 is 1.77 bits per heavy atom. The molecule has 0 aliphatic heterocycles. The number of hydrogen-bond donors (Lipinski definition) is 3. The van der Waals surface area contributed by atoms with E-state index in [1.54, 1.807) is 52.4 Å². The third-order valence-electron chi connectivity index (χ3n) is 6.79. The number of nitrogens with zero attached hydrogens (tertiary/aromatic N) is 6. The zero-order valence-corrected chi connectivity index (χ0v) is 22.0. The first-order valence-corrected chi connectivity index (χ1v) is 12.3. The fourth-order valence-corrected chi connectivity index (χ4v) is 4.94. The monoisotopic (exact) mass is 535 g/mol. The largest absolute Gasteiger partial charge is 0.453 e. The Morgan fingerprint density at radius 1 is 1.00 bits per heavy atom. The molecular weight excluding hydrogens is 506 g/mol. The lowest BCUT2D eigenvalue weighted by molar-refractivity contribution is 0.166. The van der Waals surface area contributed by atoms with Gasteiger partial charge in [0.15, 0.2) is 0 Å². The molecule has 3 N–H and O–H groups in total. The molecule has 2 atom stereocenters. The van der Waals surface area contributed by atoms with E-state index < -0.39 is 12.2 Å². The molecule has 14 nitrogen and oxygen atoms in total. The van der Waals surface area contributed by atoms with Crippen LogP contribution in [0.1, 0.15) is 25.3 Å². The molecule has 2 amide bonds. The van der Waals surface area contributed by atoms with Crippen molar-refractivity contribution in [2.75, 3.05) is 24.9 Å². The molecule has 0 spiro atoms. The Kier molecular flexibility index (Phi) is 6.92. The molecule has 3 heterocycles. The van der Waals surface area contributed by atoms with Gasteiger partial charge in [0.1, 0.15) is 11.5 Å². The van der Waals surface area contributed by atoms with Crippen molar-refractivity contribution in [1.29, 1.82) is 0 Å². The second kappa shape index (κ2) is 10.5. The minimum Gasteiger partial charge on any atom is -0.453 e. The van der Waals surface area contributed by atoms with Crippen LogP contribution in [0.3, 0.4) is 0 Å². The molecule has 0 unspecified atom stereocenters. The number of methoxy groups -OCH3 is 2. The average Bonchev–Trinajstić information content (AvgIpc) is 3.62. The summed E-state index contributed by atoms with van der Waals surface area (Å²) in [5.41, 5.74) is 3.71. The standard InChI is InChI=1S/C25H29N9O5/c1-32-13-19(30-31-32)14-7-16(9-17(8-14)29-24(36)39-4)27-22-11-20-21(12-26-22)33(2)25(37)34(20)18-6-5-15(10-18)28-23(35)38-3/h7-9,11-13,15,18H,5-6,10H2,1-4H3,(H,26,27)(H,28,35)(H,29,36)/t15-,18-/m1/s1. The Bertz CT molecular complexity index is 1610. The van der Waals surface area contributed by atoms with E-state index in [1.165, 1.54) is 14.2 Å². The molecule has 0 radical (unpaired) electrons. The summed E-state index contributed by atoms with van der Waals surface area (Å²) >= 11 is 0. The summed E-state index contributed by atoms with van der Waals surface area (Å²) in [6.07, 6.45) is 4.41. The topological polar surface area (TPSA) is 159 Å². The van der Waals surface area contributed by atoms with Crippen molar-refractivity contribution in [3.05, 3.63) is 47.1 Å². The van der Waals surface area contributed by atoms with Gasteiger partial charge in [0.2, 0.25) is 0 Å². The molecule has 1 fully saturated rings. The maximum Gasteiger partial charge on any atom is 0.411 e. The van der Waals surface area contributed by atoms with Crippen LogP contribution >= 0.6 is 0 Å². The number of pyridine rings is 1. The summed E-state index contributed by atoms with van der Waals surface area (Å²) in [6.45, 7) is 0. The van der Waals surface area contributed by atoms with Crippen molar-refractivity contribution < 1.29 is 19.1 Å². The normalized spacial score (nSPS) is 16.7. The summed E-state index contributed by atoms with van der Waals surface area (Å²) in [6, 6.07) is 7.01. The number of imidazole rings is 1. The van der Waals surface area contributed by atoms with Crippen LogP contribution in [0.25, 0.3) is 22.3 Å². The number of alkyl carbamates (subject to hydrolysis) is 1. The molecule has 0 saturated heterocycles. The quantitative estimate of drug-likeness (QED) is 0.337. The summed E-state index contributed by atoms with van der Waals surface area (Å²) in [5, 5.41) is 16.9. The third-order valence-corrected chi connectivity index (χ3v) is 6.79. The maximum absolute atomic E-state index is 13.2. The number of carbonyl (C=O) groups is 2. The predicted molar refractivity (Wildman–Crippen MR) is 143 cm³/mol. The van der Waals surface area contributed by atoms with E-state index in [4.69, 9.17) is 9.47 Å². The van der Waals surface area contributed by atoms with Gasteiger partial charge in [-0.05, 0) is 37.5 Å². The smallest absolute Gasteiger partial charge is 0.411 e. The molecule has 39 heavy (non-hydrogen) atoms. The van der Waals surface area contributed by atoms with Gasteiger partial charge >= 0.3 is 17.9 Å². The van der Waals surface area contributed by atoms with Crippen LogP contribution < -0.4 is 21.6 Å². The Morgan fingerprint density at radius 3 is 2.49 bits per heavy atom.